The summed E-state index contributed by atoms with van der Waals surface area (Å²) in [5.74, 6) is 0.540. The van der Waals surface area contributed by atoms with Crippen molar-refractivity contribution in [3.63, 3.8) is 0 Å². The highest BCUT2D eigenvalue weighted by Crippen LogP contribution is 2.27. The van der Waals surface area contributed by atoms with Gasteiger partial charge in [0, 0.05) is 21.2 Å². The Morgan fingerprint density at radius 2 is 1.60 bits per heavy atom. The van der Waals surface area contributed by atoms with Crippen molar-refractivity contribution in [1.29, 1.82) is 0 Å². The summed E-state index contributed by atoms with van der Waals surface area (Å²) in [6.45, 7) is 4.56. The molecule has 0 aliphatic heterocycles. The number of para-hydroxylation sites is 1. The van der Waals surface area contributed by atoms with Gasteiger partial charge in [0.15, 0.2) is 0 Å². The van der Waals surface area contributed by atoms with Crippen LogP contribution in [0.5, 0.6) is 0 Å². The number of nitrogens with zero attached hydrogens (tertiary/aromatic N) is 3. The van der Waals surface area contributed by atoms with Crippen molar-refractivity contribution in [3.05, 3.63) is 97.9 Å². The van der Waals surface area contributed by atoms with Crippen LogP contribution in [0.15, 0.2) is 86.5 Å². The van der Waals surface area contributed by atoms with E-state index in [1.54, 1.807) is 15.5 Å². The minimum atomic E-state index is -0.411. The average molecular weight is 598 g/mol. The number of rotatable bonds is 7. The monoisotopic (exact) mass is 596 g/mol. The van der Waals surface area contributed by atoms with Gasteiger partial charge in [-0.2, -0.15) is 0 Å². The number of benzene rings is 3. The van der Waals surface area contributed by atoms with Gasteiger partial charge in [-0.3, -0.25) is 9.36 Å². The first kappa shape index (κ1) is 25.1. The normalized spacial score (nSPS) is 11.9. The summed E-state index contributed by atoms with van der Waals surface area (Å²) in [5.41, 5.74) is 1.86. The highest BCUT2D eigenvalue weighted by Gasteiger charge is 2.28. The summed E-state index contributed by atoms with van der Waals surface area (Å²) < 4.78 is 3.49. The summed E-state index contributed by atoms with van der Waals surface area (Å²) >= 11 is 6.89. The van der Waals surface area contributed by atoms with Crippen molar-refractivity contribution < 1.29 is 4.79 Å². The fraction of sp³-hybridized carbons (Fsp3) is 0.222. The van der Waals surface area contributed by atoms with E-state index in [2.05, 4.69) is 37.2 Å². The molecule has 1 heterocycles. The second-order valence-electron chi connectivity index (χ2n) is 8.16. The first-order valence-corrected chi connectivity index (χ1v) is 13.1. The molecule has 6 nitrogen and oxygen atoms in total. The molecule has 3 aromatic carbocycles. The fourth-order valence-electron chi connectivity index (χ4n) is 4.12. The summed E-state index contributed by atoms with van der Waals surface area (Å²) in [7, 11) is 0. The number of carbonyl (C=O) groups excluding carboxylic acids is 1. The number of hydrogen-bond donors (Lipinski definition) is 1. The van der Waals surface area contributed by atoms with E-state index in [1.807, 2.05) is 80.6 Å². The highest BCUT2D eigenvalue weighted by atomic mass is 79.9. The zero-order chi connectivity index (χ0) is 24.9. The molecule has 1 aromatic heterocycles. The Morgan fingerprint density at radius 1 is 0.971 bits per heavy atom. The molecule has 0 saturated carbocycles. The van der Waals surface area contributed by atoms with Gasteiger partial charge >= 0.3 is 6.03 Å². The molecule has 1 unspecified atom stereocenters. The van der Waals surface area contributed by atoms with Gasteiger partial charge in [0.1, 0.15) is 5.82 Å². The molecular weight excluding hydrogens is 572 g/mol. The topological polar surface area (TPSA) is 67.2 Å². The van der Waals surface area contributed by atoms with Crippen LogP contribution >= 0.6 is 31.9 Å². The first-order chi connectivity index (χ1) is 16.9. The Kier molecular flexibility index (Phi) is 8.03. The zero-order valence-electron chi connectivity index (χ0n) is 19.5. The maximum Gasteiger partial charge on any atom is 0.322 e. The van der Waals surface area contributed by atoms with Crippen molar-refractivity contribution in [1.82, 2.24) is 14.5 Å². The van der Waals surface area contributed by atoms with Gasteiger partial charge in [-0.1, -0.05) is 57.8 Å². The van der Waals surface area contributed by atoms with Gasteiger partial charge < -0.3 is 10.2 Å². The maximum atomic E-state index is 13.7. The van der Waals surface area contributed by atoms with Crippen LogP contribution in [-0.4, -0.2) is 27.0 Å². The molecule has 0 aliphatic rings. The largest absolute Gasteiger partial charge is 0.322 e. The Labute approximate surface area is 221 Å². The standard InChI is InChI=1S/C27H26Br2N4O2/c1-3-17-32(27(35)30-20-13-9-18(28)10-14-20)24(4-2)25-31-23-8-6-5-7-22(23)26(34)33(25)21-15-11-19(29)12-16-21/h5-16,24H,3-4,17H2,1-2H3,(H,30,35). The third kappa shape index (κ3) is 5.49. The van der Waals surface area contributed by atoms with Crippen molar-refractivity contribution >= 4 is 54.5 Å². The Balaban J connectivity index is 1.85. The van der Waals surface area contributed by atoms with Gasteiger partial charge in [-0.15, -0.1) is 0 Å². The highest BCUT2D eigenvalue weighted by molar-refractivity contribution is 9.10. The molecule has 0 aliphatic carbocycles. The number of halogens is 2. The van der Waals surface area contributed by atoms with Crippen LogP contribution in [0.25, 0.3) is 16.6 Å². The van der Waals surface area contributed by atoms with Gasteiger partial charge in [0.2, 0.25) is 0 Å². The minimum Gasteiger partial charge on any atom is -0.314 e. The molecule has 2 amide bonds. The van der Waals surface area contributed by atoms with Crippen molar-refractivity contribution in [2.24, 2.45) is 0 Å². The third-order valence-corrected chi connectivity index (χ3v) is 6.83. The predicted octanol–water partition coefficient (Wildman–Crippen LogP) is 7.31. The molecular formula is C27H26Br2N4O2. The van der Waals surface area contributed by atoms with Crippen LogP contribution in [0.4, 0.5) is 10.5 Å². The predicted molar refractivity (Wildman–Crippen MR) is 148 cm³/mol. The van der Waals surface area contributed by atoms with E-state index in [9.17, 15) is 9.59 Å². The SMILES string of the molecule is CCCN(C(=O)Nc1ccc(Br)cc1)C(CC)c1nc2ccccc2c(=O)n1-c1ccc(Br)cc1. The Bertz CT molecular complexity index is 1390. The van der Waals surface area contributed by atoms with Crippen LogP contribution < -0.4 is 10.9 Å². The second-order valence-corrected chi connectivity index (χ2v) is 9.99. The maximum absolute atomic E-state index is 13.7. The molecule has 0 spiro atoms. The first-order valence-electron chi connectivity index (χ1n) is 11.5. The van der Waals surface area contributed by atoms with Crippen LogP contribution in [0.3, 0.4) is 0 Å². The summed E-state index contributed by atoms with van der Waals surface area (Å²) in [5, 5.41) is 3.54. The van der Waals surface area contributed by atoms with Gasteiger partial charge in [-0.05, 0) is 73.5 Å². The van der Waals surface area contributed by atoms with Crippen LogP contribution in [0.1, 0.15) is 38.6 Å². The Morgan fingerprint density at radius 3 is 2.23 bits per heavy atom. The van der Waals surface area contributed by atoms with Gasteiger partial charge in [0.25, 0.3) is 5.56 Å². The van der Waals surface area contributed by atoms with E-state index in [0.29, 0.717) is 41.1 Å². The second kappa shape index (κ2) is 11.2. The van der Waals surface area contributed by atoms with Crippen LogP contribution in [0, 0.1) is 0 Å². The average Bonchev–Trinajstić information content (AvgIpc) is 2.86. The molecule has 0 radical (unpaired) electrons. The third-order valence-electron chi connectivity index (χ3n) is 5.77. The van der Waals surface area contributed by atoms with E-state index in [4.69, 9.17) is 4.98 Å². The quantitative estimate of drug-likeness (QED) is 0.243. The number of carbonyl (C=O) groups is 1. The Hall–Kier alpha value is -2.97. The van der Waals surface area contributed by atoms with Gasteiger partial charge in [0.05, 0.1) is 22.6 Å². The fourth-order valence-corrected chi connectivity index (χ4v) is 4.65. The minimum absolute atomic E-state index is 0.156. The zero-order valence-corrected chi connectivity index (χ0v) is 22.7. The molecule has 4 aromatic rings. The van der Waals surface area contributed by atoms with Crippen molar-refractivity contribution in [3.8, 4) is 5.69 Å². The molecule has 1 atom stereocenters. The molecule has 1 N–H and O–H groups in total. The lowest BCUT2D eigenvalue weighted by molar-refractivity contribution is 0.181. The van der Waals surface area contributed by atoms with E-state index in [1.165, 1.54) is 0 Å². The molecule has 4 rings (SSSR count). The van der Waals surface area contributed by atoms with Crippen molar-refractivity contribution in [2.45, 2.75) is 32.7 Å². The van der Waals surface area contributed by atoms with Crippen molar-refractivity contribution in [2.75, 3.05) is 11.9 Å². The van der Waals surface area contributed by atoms with Gasteiger partial charge in [-0.25, -0.2) is 9.78 Å². The molecule has 35 heavy (non-hydrogen) atoms. The molecule has 8 heteroatoms. The van der Waals surface area contributed by atoms with E-state index >= 15 is 0 Å². The molecule has 0 fully saturated rings. The number of nitrogens with one attached hydrogen (secondary N) is 1. The van der Waals surface area contributed by atoms with Crippen LogP contribution in [0.2, 0.25) is 0 Å². The lowest BCUT2D eigenvalue weighted by atomic mass is 10.1. The van der Waals surface area contributed by atoms with E-state index in [-0.39, 0.29) is 11.6 Å². The lowest BCUT2D eigenvalue weighted by Gasteiger charge is -2.32. The number of fused-ring (bicyclic) bond motifs is 1. The summed E-state index contributed by atoms with van der Waals surface area (Å²) in [4.78, 5) is 33.9. The number of urea groups is 1. The number of aromatic nitrogens is 2. The molecule has 180 valence electrons. The lowest BCUT2D eigenvalue weighted by Crippen LogP contribution is -2.41. The van der Waals surface area contributed by atoms with E-state index in [0.717, 1.165) is 15.4 Å². The van der Waals surface area contributed by atoms with E-state index < -0.39 is 6.04 Å². The number of anilines is 1. The van der Waals surface area contributed by atoms with Crippen LogP contribution in [-0.2, 0) is 0 Å². The number of amides is 2. The molecule has 0 bridgehead atoms. The smallest absolute Gasteiger partial charge is 0.314 e. The summed E-state index contributed by atoms with van der Waals surface area (Å²) in [6.07, 6.45) is 1.36. The summed E-state index contributed by atoms with van der Waals surface area (Å²) in [6, 6.07) is 21.7. The number of hydrogen-bond acceptors (Lipinski definition) is 3. The molecule has 0 saturated heterocycles.